The molecule has 0 heterocycles. The number of hydrogen-bond donors (Lipinski definition) is 1. The van der Waals surface area contributed by atoms with Crippen molar-refractivity contribution in [3.63, 3.8) is 0 Å². The summed E-state index contributed by atoms with van der Waals surface area (Å²) in [5, 5.41) is 9.62. The molecule has 0 aliphatic rings. The van der Waals surface area contributed by atoms with Crippen molar-refractivity contribution in [1.82, 2.24) is 4.90 Å². The van der Waals surface area contributed by atoms with E-state index in [9.17, 15) is 8.42 Å². The summed E-state index contributed by atoms with van der Waals surface area (Å²) in [7, 11) is -3.50. The first-order valence-electron chi connectivity index (χ1n) is 7.41. The van der Waals surface area contributed by atoms with E-state index < -0.39 is 9.84 Å². The Morgan fingerprint density at radius 1 is 1.14 bits per heavy atom. The Morgan fingerprint density at radius 3 is 2.50 bits per heavy atom. The molecule has 0 fully saturated rings. The van der Waals surface area contributed by atoms with Crippen LogP contribution in [0.2, 0.25) is 10.0 Å². The number of sulfone groups is 1. The van der Waals surface area contributed by atoms with Gasteiger partial charge >= 0.3 is 0 Å². The van der Waals surface area contributed by atoms with Gasteiger partial charge in [-0.1, -0.05) is 43.0 Å². The molecule has 0 aromatic heterocycles. The summed E-state index contributed by atoms with van der Waals surface area (Å²) in [4.78, 5) is 2.03. The van der Waals surface area contributed by atoms with Crippen molar-refractivity contribution >= 4 is 33.0 Å². The molecule has 0 aliphatic heterocycles. The van der Waals surface area contributed by atoms with E-state index in [0.29, 0.717) is 18.1 Å². The lowest BCUT2D eigenvalue weighted by molar-refractivity contribution is 0.200. The lowest BCUT2D eigenvalue weighted by Crippen LogP contribution is -2.33. The van der Waals surface area contributed by atoms with E-state index in [-0.39, 0.29) is 22.3 Å². The minimum atomic E-state index is -3.50. The number of hydrogen-bond acceptors (Lipinski definition) is 4. The van der Waals surface area contributed by atoms with Gasteiger partial charge in [0.15, 0.2) is 9.84 Å². The first-order chi connectivity index (χ1) is 10.4. The molecule has 0 radical (unpaired) electrons. The minimum Gasteiger partial charge on any atom is -0.395 e. The van der Waals surface area contributed by atoms with E-state index in [1.165, 1.54) is 12.1 Å². The molecule has 0 aliphatic carbocycles. The van der Waals surface area contributed by atoms with Crippen LogP contribution < -0.4 is 0 Å². The molecule has 0 saturated carbocycles. The van der Waals surface area contributed by atoms with Crippen LogP contribution in [-0.2, 0) is 9.84 Å². The Morgan fingerprint density at radius 2 is 1.86 bits per heavy atom. The lowest BCUT2D eigenvalue weighted by Gasteiger charge is -2.21. The highest BCUT2D eigenvalue weighted by molar-refractivity contribution is 7.91. The standard InChI is InChI=1S/C15H23Cl2NO3S/c1-2-3-4-7-18(8-10-19)9-11-22(20,21)15-12-13(16)5-6-14(15)17/h5-6,12,19H,2-4,7-11H2,1H3. The van der Waals surface area contributed by atoms with E-state index in [1.54, 1.807) is 6.07 Å². The SMILES string of the molecule is CCCCCN(CCO)CCS(=O)(=O)c1cc(Cl)ccc1Cl. The highest BCUT2D eigenvalue weighted by Gasteiger charge is 2.20. The normalized spacial score (nSPS) is 12.0. The topological polar surface area (TPSA) is 57.6 Å². The Labute approximate surface area is 143 Å². The van der Waals surface area contributed by atoms with Crippen molar-refractivity contribution in [2.24, 2.45) is 0 Å². The Bertz CT molecular complexity index is 564. The van der Waals surface area contributed by atoms with Gasteiger partial charge in [-0.2, -0.15) is 0 Å². The number of halogens is 2. The summed E-state index contributed by atoms with van der Waals surface area (Å²) in [6.07, 6.45) is 3.19. The van der Waals surface area contributed by atoms with Crippen molar-refractivity contribution in [3.8, 4) is 0 Å². The molecule has 1 aromatic carbocycles. The quantitative estimate of drug-likeness (QED) is 0.644. The van der Waals surface area contributed by atoms with Gasteiger partial charge in [0.1, 0.15) is 0 Å². The number of aliphatic hydroxyl groups is 1. The summed E-state index contributed by atoms with van der Waals surface area (Å²) in [5.74, 6) is -0.0425. The maximum absolute atomic E-state index is 12.4. The zero-order valence-electron chi connectivity index (χ0n) is 12.8. The molecular formula is C15H23Cl2NO3S. The van der Waals surface area contributed by atoms with E-state index in [0.717, 1.165) is 25.8 Å². The van der Waals surface area contributed by atoms with Crippen LogP contribution in [0, 0.1) is 0 Å². The Balaban J connectivity index is 2.71. The van der Waals surface area contributed by atoms with Gasteiger partial charge in [-0.05, 0) is 31.2 Å². The number of unbranched alkanes of at least 4 members (excludes halogenated alkanes) is 2. The van der Waals surface area contributed by atoms with Crippen molar-refractivity contribution in [2.45, 2.75) is 31.1 Å². The van der Waals surface area contributed by atoms with Crippen LogP contribution in [0.3, 0.4) is 0 Å². The van der Waals surface area contributed by atoms with Gasteiger partial charge in [0.2, 0.25) is 0 Å². The molecule has 0 spiro atoms. The van der Waals surface area contributed by atoms with Crippen LogP contribution in [0.15, 0.2) is 23.1 Å². The third-order valence-electron chi connectivity index (χ3n) is 3.40. The molecule has 0 amide bonds. The third kappa shape index (κ3) is 6.42. The third-order valence-corrected chi connectivity index (χ3v) is 5.80. The van der Waals surface area contributed by atoms with Gasteiger partial charge in [0, 0.05) is 18.1 Å². The van der Waals surface area contributed by atoms with E-state index in [2.05, 4.69) is 6.92 Å². The van der Waals surface area contributed by atoms with Crippen molar-refractivity contribution in [2.75, 3.05) is 32.0 Å². The van der Waals surface area contributed by atoms with Gasteiger partial charge in [-0.15, -0.1) is 0 Å². The molecule has 4 nitrogen and oxygen atoms in total. The van der Waals surface area contributed by atoms with Crippen LogP contribution in [0.1, 0.15) is 26.2 Å². The molecule has 0 unspecified atom stereocenters. The average molecular weight is 368 g/mol. The van der Waals surface area contributed by atoms with E-state index in [4.69, 9.17) is 28.3 Å². The second-order valence-electron chi connectivity index (χ2n) is 5.17. The highest BCUT2D eigenvalue weighted by atomic mass is 35.5. The second-order valence-corrected chi connectivity index (χ2v) is 8.09. The summed E-state index contributed by atoms with van der Waals surface area (Å²) in [6.45, 7) is 3.76. The molecule has 0 bridgehead atoms. The summed E-state index contributed by atoms with van der Waals surface area (Å²) < 4.78 is 24.8. The van der Waals surface area contributed by atoms with Crippen LogP contribution in [0.5, 0.6) is 0 Å². The smallest absolute Gasteiger partial charge is 0.181 e. The summed E-state index contributed by atoms with van der Waals surface area (Å²) in [5.41, 5.74) is 0. The van der Waals surface area contributed by atoms with Gasteiger partial charge in [-0.3, -0.25) is 0 Å². The zero-order chi connectivity index (χ0) is 16.6. The monoisotopic (exact) mass is 367 g/mol. The fraction of sp³-hybridized carbons (Fsp3) is 0.600. The Kier molecular flexibility index (Phi) is 8.72. The number of rotatable bonds is 10. The minimum absolute atomic E-state index is 0.0180. The largest absolute Gasteiger partial charge is 0.395 e. The molecule has 1 N–H and O–H groups in total. The molecule has 0 saturated heterocycles. The second kappa shape index (κ2) is 9.73. The fourth-order valence-corrected chi connectivity index (χ4v) is 4.23. The lowest BCUT2D eigenvalue weighted by atomic mass is 10.2. The number of nitrogens with zero attached hydrogens (tertiary/aromatic N) is 1. The van der Waals surface area contributed by atoms with Crippen LogP contribution >= 0.6 is 23.2 Å². The predicted octanol–water partition coefficient (Wildman–Crippen LogP) is 3.25. The zero-order valence-corrected chi connectivity index (χ0v) is 15.1. The van der Waals surface area contributed by atoms with Gasteiger partial charge in [0.05, 0.1) is 22.3 Å². The predicted molar refractivity (Wildman–Crippen MR) is 91.6 cm³/mol. The van der Waals surface area contributed by atoms with E-state index in [1.807, 2.05) is 4.90 Å². The van der Waals surface area contributed by atoms with Crippen molar-refractivity contribution in [1.29, 1.82) is 0 Å². The highest BCUT2D eigenvalue weighted by Crippen LogP contribution is 2.25. The van der Waals surface area contributed by atoms with E-state index >= 15 is 0 Å². The van der Waals surface area contributed by atoms with Crippen LogP contribution in [-0.4, -0.2) is 50.4 Å². The molecular weight excluding hydrogens is 345 g/mol. The Hall–Kier alpha value is -0.330. The maximum Gasteiger partial charge on any atom is 0.181 e. The van der Waals surface area contributed by atoms with Crippen molar-refractivity contribution < 1.29 is 13.5 Å². The summed E-state index contributed by atoms with van der Waals surface area (Å²) >= 11 is 11.8. The average Bonchev–Trinajstić information content (AvgIpc) is 2.47. The van der Waals surface area contributed by atoms with Crippen LogP contribution in [0.4, 0.5) is 0 Å². The van der Waals surface area contributed by atoms with Crippen LogP contribution in [0.25, 0.3) is 0 Å². The van der Waals surface area contributed by atoms with Gasteiger partial charge < -0.3 is 10.0 Å². The molecule has 0 atom stereocenters. The van der Waals surface area contributed by atoms with Crippen molar-refractivity contribution in [3.05, 3.63) is 28.2 Å². The summed E-state index contributed by atoms with van der Waals surface area (Å²) in [6, 6.07) is 4.43. The first kappa shape index (κ1) is 19.7. The molecule has 1 rings (SSSR count). The maximum atomic E-state index is 12.4. The number of benzene rings is 1. The molecule has 7 heteroatoms. The molecule has 1 aromatic rings. The fourth-order valence-electron chi connectivity index (χ4n) is 2.14. The van der Waals surface area contributed by atoms with Gasteiger partial charge in [-0.25, -0.2) is 8.42 Å². The van der Waals surface area contributed by atoms with Gasteiger partial charge in [0.25, 0.3) is 0 Å². The molecule has 126 valence electrons. The number of aliphatic hydroxyl groups excluding tert-OH is 1. The first-order valence-corrected chi connectivity index (χ1v) is 9.82. The molecule has 22 heavy (non-hydrogen) atoms.